The van der Waals surface area contributed by atoms with Gasteiger partial charge in [-0.2, -0.15) is 5.10 Å². The molecule has 0 atom stereocenters. The Morgan fingerprint density at radius 3 is 2.59 bits per heavy atom. The van der Waals surface area contributed by atoms with E-state index >= 15 is 0 Å². The molecule has 0 aliphatic carbocycles. The van der Waals surface area contributed by atoms with E-state index in [0.717, 1.165) is 5.56 Å². The SMILES string of the molecule is COc1ccc(OC)c(/C=N/NC(=O)c2ccccc2C)c1. The number of nitrogens with zero attached hydrogens (tertiary/aromatic N) is 1. The number of carbonyl (C=O) groups excluding carboxylic acids is 1. The maximum Gasteiger partial charge on any atom is 0.271 e. The number of benzene rings is 2. The van der Waals surface area contributed by atoms with Gasteiger partial charge in [-0.3, -0.25) is 4.79 Å². The minimum atomic E-state index is -0.254. The molecule has 0 aromatic heterocycles. The van der Waals surface area contributed by atoms with Crippen LogP contribution in [0.15, 0.2) is 47.6 Å². The van der Waals surface area contributed by atoms with E-state index in [2.05, 4.69) is 10.5 Å². The van der Waals surface area contributed by atoms with Gasteiger partial charge in [-0.25, -0.2) is 5.43 Å². The lowest BCUT2D eigenvalue weighted by molar-refractivity contribution is 0.0954. The molecule has 0 saturated heterocycles. The van der Waals surface area contributed by atoms with Crippen molar-refractivity contribution in [2.45, 2.75) is 6.92 Å². The zero-order valence-corrected chi connectivity index (χ0v) is 12.8. The third-order valence-electron chi connectivity index (χ3n) is 3.20. The quantitative estimate of drug-likeness (QED) is 0.682. The number of carbonyl (C=O) groups is 1. The molecule has 5 nitrogen and oxygen atoms in total. The maximum absolute atomic E-state index is 12.1. The zero-order chi connectivity index (χ0) is 15.9. The van der Waals surface area contributed by atoms with Gasteiger partial charge in [0.2, 0.25) is 0 Å². The Morgan fingerprint density at radius 2 is 1.91 bits per heavy atom. The van der Waals surface area contributed by atoms with E-state index < -0.39 is 0 Å². The van der Waals surface area contributed by atoms with Crippen molar-refractivity contribution >= 4 is 12.1 Å². The fraction of sp³-hybridized carbons (Fsp3) is 0.176. The lowest BCUT2D eigenvalue weighted by Gasteiger charge is -2.07. The van der Waals surface area contributed by atoms with Gasteiger partial charge >= 0.3 is 0 Å². The van der Waals surface area contributed by atoms with Gasteiger partial charge in [-0.1, -0.05) is 18.2 Å². The van der Waals surface area contributed by atoms with Gasteiger partial charge in [0.1, 0.15) is 11.5 Å². The van der Waals surface area contributed by atoms with Crippen molar-refractivity contribution in [3.8, 4) is 11.5 Å². The molecule has 2 rings (SSSR count). The van der Waals surface area contributed by atoms with Crippen LogP contribution in [-0.4, -0.2) is 26.3 Å². The first-order chi connectivity index (χ1) is 10.7. The Hall–Kier alpha value is -2.82. The molecule has 1 N–H and O–H groups in total. The number of ether oxygens (including phenoxy) is 2. The highest BCUT2D eigenvalue weighted by atomic mass is 16.5. The Morgan fingerprint density at radius 1 is 1.14 bits per heavy atom. The van der Waals surface area contributed by atoms with Gasteiger partial charge < -0.3 is 9.47 Å². The molecule has 22 heavy (non-hydrogen) atoms. The second-order valence-corrected chi connectivity index (χ2v) is 4.62. The molecule has 0 aliphatic heterocycles. The molecular weight excluding hydrogens is 280 g/mol. The summed E-state index contributed by atoms with van der Waals surface area (Å²) in [5, 5.41) is 3.98. The van der Waals surface area contributed by atoms with Crippen LogP contribution in [0.2, 0.25) is 0 Å². The second kappa shape index (κ2) is 7.26. The van der Waals surface area contributed by atoms with Crippen LogP contribution in [0.3, 0.4) is 0 Å². The van der Waals surface area contributed by atoms with Crippen molar-refractivity contribution in [3.05, 3.63) is 59.2 Å². The number of methoxy groups -OCH3 is 2. The van der Waals surface area contributed by atoms with Crippen LogP contribution in [0.25, 0.3) is 0 Å². The standard InChI is InChI=1S/C17H18N2O3/c1-12-6-4-5-7-15(12)17(20)19-18-11-13-10-14(21-2)8-9-16(13)22-3/h4-11H,1-3H3,(H,19,20)/b18-11+. The van der Waals surface area contributed by atoms with E-state index in [1.54, 1.807) is 38.5 Å². The Bertz CT molecular complexity index is 696. The molecule has 0 heterocycles. The van der Waals surface area contributed by atoms with Gasteiger partial charge in [-0.05, 0) is 36.8 Å². The predicted octanol–water partition coefficient (Wildman–Crippen LogP) is 2.78. The predicted molar refractivity (Wildman–Crippen MR) is 85.8 cm³/mol. The monoisotopic (exact) mass is 298 g/mol. The van der Waals surface area contributed by atoms with Gasteiger partial charge in [0.25, 0.3) is 5.91 Å². The van der Waals surface area contributed by atoms with Crippen LogP contribution in [-0.2, 0) is 0 Å². The summed E-state index contributed by atoms with van der Waals surface area (Å²) in [4.78, 5) is 12.1. The second-order valence-electron chi connectivity index (χ2n) is 4.62. The largest absolute Gasteiger partial charge is 0.497 e. The third-order valence-corrected chi connectivity index (χ3v) is 3.20. The lowest BCUT2D eigenvalue weighted by atomic mass is 10.1. The van der Waals surface area contributed by atoms with E-state index in [-0.39, 0.29) is 5.91 Å². The molecule has 0 fully saturated rings. The highest BCUT2D eigenvalue weighted by molar-refractivity contribution is 5.96. The van der Waals surface area contributed by atoms with E-state index in [0.29, 0.717) is 22.6 Å². The summed E-state index contributed by atoms with van der Waals surface area (Å²) < 4.78 is 10.4. The van der Waals surface area contributed by atoms with Crippen molar-refractivity contribution in [2.75, 3.05) is 14.2 Å². The molecule has 114 valence electrons. The van der Waals surface area contributed by atoms with Crippen LogP contribution in [0, 0.1) is 6.92 Å². The summed E-state index contributed by atoms with van der Waals surface area (Å²) in [5.41, 5.74) is 4.72. The van der Waals surface area contributed by atoms with Crippen molar-refractivity contribution < 1.29 is 14.3 Å². The van der Waals surface area contributed by atoms with Crippen LogP contribution in [0.4, 0.5) is 0 Å². The minimum absolute atomic E-state index is 0.254. The smallest absolute Gasteiger partial charge is 0.271 e. The number of amides is 1. The molecule has 0 radical (unpaired) electrons. The number of nitrogens with one attached hydrogen (secondary N) is 1. The number of hydrazone groups is 1. The molecule has 1 amide bonds. The summed E-state index contributed by atoms with van der Waals surface area (Å²) in [5.74, 6) is 1.08. The summed E-state index contributed by atoms with van der Waals surface area (Å²) in [6.07, 6.45) is 1.53. The van der Waals surface area contributed by atoms with Gasteiger partial charge in [0, 0.05) is 11.1 Å². The molecule has 0 unspecified atom stereocenters. The molecule has 0 bridgehead atoms. The highest BCUT2D eigenvalue weighted by Crippen LogP contribution is 2.22. The molecular formula is C17H18N2O3. The fourth-order valence-corrected chi connectivity index (χ4v) is 1.99. The summed E-state index contributed by atoms with van der Waals surface area (Å²) in [6, 6.07) is 12.7. The molecule has 5 heteroatoms. The number of aryl methyl sites for hydroxylation is 1. The first kappa shape index (κ1) is 15.6. The van der Waals surface area contributed by atoms with Gasteiger partial charge in [-0.15, -0.1) is 0 Å². The Kier molecular flexibility index (Phi) is 5.14. The van der Waals surface area contributed by atoms with Crippen LogP contribution < -0.4 is 14.9 Å². The first-order valence-corrected chi connectivity index (χ1v) is 6.76. The average molecular weight is 298 g/mol. The van der Waals surface area contributed by atoms with Crippen molar-refractivity contribution in [1.82, 2.24) is 5.43 Å². The fourth-order valence-electron chi connectivity index (χ4n) is 1.99. The number of rotatable bonds is 5. The van der Waals surface area contributed by atoms with Crippen molar-refractivity contribution in [3.63, 3.8) is 0 Å². The molecule has 0 aliphatic rings. The zero-order valence-electron chi connectivity index (χ0n) is 12.8. The Labute approximate surface area is 129 Å². The van der Waals surface area contributed by atoms with Crippen LogP contribution >= 0.6 is 0 Å². The van der Waals surface area contributed by atoms with E-state index in [1.165, 1.54) is 6.21 Å². The number of hydrogen-bond donors (Lipinski definition) is 1. The topological polar surface area (TPSA) is 59.9 Å². The summed E-state index contributed by atoms with van der Waals surface area (Å²) >= 11 is 0. The molecule has 0 spiro atoms. The van der Waals surface area contributed by atoms with E-state index in [4.69, 9.17) is 9.47 Å². The molecule has 2 aromatic carbocycles. The van der Waals surface area contributed by atoms with E-state index in [9.17, 15) is 4.79 Å². The third kappa shape index (κ3) is 3.63. The van der Waals surface area contributed by atoms with Crippen molar-refractivity contribution in [1.29, 1.82) is 0 Å². The number of hydrogen-bond acceptors (Lipinski definition) is 4. The summed E-state index contributed by atoms with van der Waals surface area (Å²) in [6.45, 7) is 1.88. The van der Waals surface area contributed by atoms with Gasteiger partial charge in [0.05, 0.1) is 20.4 Å². The van der Waals surface area contributed by atoms with Crippen LogP contribution in [0.5, 0.6) is 11.5 Å². The normalized spacial score (nSPS) is 10.5. The highest BCUT2D eigenvalue weighted by Gasteiger charge is 2.07. The van der Waals surface area contributed by atoms with Gasteiger partial charge in [0.15, 0.2) is 0 Å². The lowest BCUT2D eigenvalue weighted by Crippen LogP contribution is -2.18. The average Bonchev–Trinajstić information content (AvgIpc) is 2.55. The maximum atomic E-state index is 12.1. The molecule has 0 saturated carbocycles. The van der Waals surface area contributed by atoms with Crippen LogP contribution in [0.1, 0.15) is 21.5 Å². The van der Waals surface area contributed by atoms with Crippen molar-refractivity contribution in [2.24, 2.45) is 5.10 Å². The molecule has 2 aromatic rings. The Balaban J connectivity index is 2.12. The van der Waals surface area contributed by atoms with E-state index in [1.807, 2.05) is 25.1 Å². The first-order valence-electron chi connectivity index (χ1n) is 6.76. The summed E-state index contributed by atoms with van der Waals surface area (Å²) in [7, 11) is 3.16. The minimum Gasteiger partial charge on any atom is -0.497 e.